The second kappa shape index (κ2) is 5.21. The molecular weight excluding hydrogens is 134 g/mol. The van der Waals surface area contributed by atoms with Gasteiger partial charge < -0.3 is 4.90 Å². The fourth-order valence-electron chi connectivity index (χ4n) is 1.57. The molecule has 0 bridgehead atoms. The molecule has 11 heavy (non-hydrogen) atoms. The number of likely N-dealkylation sites (tertiary alicyclic amines) is 1. The average molecular weight is 150 g/mol. The van der Waals surface area contributed by atoms with Crippen molar-refractivity contribution < 1.29 is 0 Å². The minimum absolute atomic E-state index is 0.830. The van der Waals surface area contributed by atoms with Gasteiger partial charge in [0.1, 0.15) is 0 Å². The Morgan fingerprint density at radius 3 is 2.55 bits per heavy atom. The largest absolute Gasteiger partial charge is 0.303 e. The van der Waals surface area contributed by atoms with Crippen molar-refractivity contribution in [1.82, 2.24) is 4.90 Å². The van der Waals surface area contributed by atoms with Crippen molar-refractivity contribution in [2.24, 2.45) is 0 Å². The third kappa shape index (κ3) is 3.43. The number of hydrogen-bond acceptors (Lipinski definition) is 1. The molecule has 1 fully saturated rings. The fraction of sp³-hybridized carbons (Fsp3) is 0.800. The maximum Gasteiger partial charge on any atom is 0.0111 e. The van der Waals surface area contributed by atoms with Gasteiger partial charge in [-0.15, -0.1) is 0 Å². The van der Waals surface area contributed by atoms with Crippen molar-refractivity contribution >= 4 is 0 Å². The SMILES string of the molecule is [C]#CCCCN1CCCCC1. The van der Waals surface area contributed by atoms with E-state index in [4.69, 9.17) is 6.42 Å². The third-order valence-corrected chi connectivity index (χ3v) is 2.22. The number of nitrogens with zero attached hydrogens (tertiary/aromatic N) is 1. The van der Waals surface area contributed by atoms with E-state index in [1.807, 2.05) is 0 Å². The zero-order valence-corrected chi connectivity index (χ0v) is 7.10. The Labute approximate surface area is 69.8 Å². The maximum absolute atomic E-state index is 6.75. The molecule has 1 aliphatic rings. The predicted molar refractivity (Wildman–Crippen MR) is 46.7 cm³/mol. The summed E-state index contributed by atoms with van der Waals surface area (Å²) in [5.74, 6) is 2.43. The van der Waals surface area contributed by atoms with E-state index in [0.717, 1.165) is 12.8 Å². The summed E-state index contributed by atoms with van der Waals surface area (Å²) in [5, 5.41) is 0. The quantitative estimate of drug-likeness (QED) is 0.438. The molecule has 0 aromatic heterocycles. The number of rotatable bonds is 3. The summed E-state index contributed by atoms with van der Waals surface area (Å²) >= 11 is 0. The molecule has 0 atom stereocenters. The van der Waals surface area contributed by atoms with Crippen molar-refractivity contribution in [2.75, 3.05) is 19.6 Å². The van der Waals surface area contributed by atoms with E-state index in [1.54, 1.807) is 0 Å². The second-order valence-electron chi connectivity index (χ2n) is 3.18. The van der Waals surface area contributed by atoms with E-state index in [1.165, 1.54) is 38.9 Å². The zero-order valence-electron chi connectivity index (χ0n) is 7.10. The van der Waals surface area contributed by atoms with Crippen LogP contribution in [0.5, 0.6) is 0 Å². The van der Waals surface area contributed by atoms with Crippen LogP contribution in [0.15, 0.2) is 0 Å². The van der Waals surface area contributed by atoms with Crippen molar-refractivity contribution in [1.29, 1.82) is 0 Å². The van der Waals surface area contributed by atoms with Gasteiger partial charge in [0.15, 0.2) is 0 Å². The lowest BCUT2D eigenvalue weighted by atomic mass is 10.1. The Balaban J connectivity index is 2.01. The Kier molecular flexibility index (Phi) is 4.08. The van der Waals surface area contributed by atoms with Crippen LogP contribution in [-0.4, -0.2) is 24.5 Å². The van der Waals surface area contributed by atoms with Gasteiger partial charge >= 0.3 is 0 Å². The second-order valence-corrected chi connectivity index (χ2v) is 3.18. The number of piperidine rings is 1. The standard InChI is InChI=1S/C10H16N/c1-2-3-5-8-11-9-6-4-7-10-11/h3-10H2. The van der Waals surface area contributed by atoms with Crippen LogP contribution < -0.4 is 0 Å². The van der Waals surface area contributed by atoms with Gasteiger partial charge in [0.05, 0.1) is 0 Å². The van der Waals surface area contributed by atoms with Crippen LogP contribution in [0, 0.1) is 12.3 Å². The van der Waals surface area contributed by atoms with Crippen LogP contribution in [0.4, 0.5) is 0 Å². The van der Waals surface area contributed by atoms with Crippen LogP contribution in [-0.2, 0) is 0 Å². The van der Waals surface area contributed by atoms with Crippen molar-refractivity contribution in [2.45, 2.75) is 32.1 Å². The Morgan fingerprint density at radius 1 is 1.18 bits per heavy atom. The molecule has 1 aliphatic heterocycles. The van der Waals surface area contributed by atoms with Crippen LogP contribution in [0.1, 0.15) is 32.1 Å². The minimum Gasteiger partial charge on any atom is -0.303 e. The number of unbranched alkanes of at least 4 members (excludes halogenated alkanes) is 1. The van der Waals surface area contributed by atoms with E-state index in [2.05, 4.69) is 10.8 Å². The Bertz CT molecular complexity index is 128. The first-order valence-corrected chi connectivity index (χ1v) is 4.55. The van der Waals surface area contributed by atoms with Gasteiger partial charge in [-0.1, -0.05) is 12.3 Å². The van der Waals surface area contributed by atoms with E-state index in [0.29, 0.717) is 0 Å². The molecule has 0 aliphatic carbocycles. The monoisotopic (exact) mass is 150 g/mol. The molecule has 0 spiro atoms. The summed E-state index contributed by atoms with van der Waals surface area (Å²) in [6.07, 6.45) is 12.8. The van der Waals surface area contributed by atoms with Crippen LogP contribution >= 0.6 is 0 Å². The molecule has 1 heteroatoms. The van der Waals surface area contributed by atoms with Crippen LogP contribution in [0.3, 0.4) is 0 Å². The molecule has 1 rings (SSSR count). The van der Waals surface area contributed by atoms with E-state index < -0.39 is 0 Å². The molecule has 1 heterocycles. The average Bonchev–Trinajstić information content (AvgIpc) is 2.07. The van der Waals surface area contributed by atoms with Crippen LogP contribution in [0.25, 0.3) is 0 Å². The summed E-state index contributed by atoms with van der Waals surface area (Å²) in [6.45, 7) is 3.72. The minimum atomic E-state index is 0.830. The van der Waals surface area contributed by atoms with Gasteiger partial charge in [0.2, 0.25) is 0 Å². The Morgan fingerprint density at radius 2 is 1.91 bits per heavy atom. The highest BCUT2D eigenvalue weighted by Crippen LogP contribution is 2.08. The van der Waals surface area contributed by atoms with Gasteiger partial charge in [-0.25, -0.2) is 0 Å². The normalized spacial score (nSPS) is 19.5. The molecular formula is C10H16N. The highest BCUT2D eigenvalue weighted by molar-refractivity contribution is 4.76. The van der Waals surface area contributed by atoms with Gasteiger partial charge in [-0.3, -0.25) is 0 Å². The predicted octanol–water partition coefficient (Wildman–Crippen LogP) is 1.84. The van der Waals surface area contributed by atoms with Gasteiger partial charge in [-0.05, 0) is 45.3 Å². The summed E-state index contributed by atoms with van der Waals surface area (Å²) < 4.78 is 0. The topological polar surface area (TPSA) is 3.24 Å². The van der Waals surface area contributed by atoms with E-state index >= 15 is 0 Å². The molecule has 0 unspecified atom stereocenters. The summed E-state index contributed by atoms with van der Waals surface area (Å²) in [5.41, 5.74) is 0. The zero-order chi connectivity index (χ0) is 7.94. The molecule has 1 saturated heterocycles. The van der Waals surface area contributed by atoms with E-state index in [9.17, 15) is 0 Å². The summed E-state index contributed by atoms with van der Waals surface area (Å²) in [7, 11) is 0. The lowest BCUT2D eigenvalue weighted by Gasteiger charge is -2.25. The number of hydrogen-bond donors (Lipinski definition) is 0. The molecule has 0 N–H and O–H groups in total. The molecule has 0 aromatic rings. The molecule has 0 saturated carbocycles. The lowest BCUT2D eigenvalue weighted by Crippen LogP contribution is -2.30. The first kappa shape index (κ1) is 8.62. The summed E-state index contributed by atoms with van der Waals surface area (Å²) in [4.78, 5) is 2.50. The lowest BCUT2D eigenvalue weighted by molar-refractivity contribution is 0.227. The molecule has 1 nitrogen and oxygen atoms in total. The first-order valence-electron chi connectivity index (χ1n) is 4.55. The van der Waals surface area contributed by atoms with Gasteiger partial charge in [0.25, 0.3) is 0 Å². The molecule has 61 valence electrons. The molecule has 0 amide bonds. The summed E-state index contributed by atoms with van der Waals surface area (Å²) in [6, 6.07) is 0. The van der Waals surface area contributed by atoms with E-state index in [-0.39, 0.29) is 0 Å². The van der Waals surface area contributed by atoms with Gasteiger partial charge in [-0.2, -0.15) is 0 Å². The van der Waals surface area contributed by atoms with Crippen molar-refractivity contribution in [3.63, 3.8) is 0 Å². The highest BCUT2D eigenvalue weighted by atomic mass is 15.1. The third-order valence-electron chi connectivity index (χ3n) is 2.22. The maximum atomic E-state index is 6.75. The van der Waals surface area contributed by atoms with Gasteiger partial charge in [0, 0.05) is 6.42 Å². The Hall–Kier alpha value is -0.480. The van der Waals surface area contributed by atoms with Crippen molar-refractivity contribution in [3.05, 3.63) is 6.42 Å². The van der Waals surface area contributed by atoms with Crippen molar-refractivity contribution in [3.8, 4) is 5.92 Å². The highest BCUT2D eigenvalue weighted by Gasteiger charge is 2.07. The fourth-order valence-corrected chi connectivity index (χ4v) is 1.57. The molecule has 0 aromatic carbocycles. The first-order chi connectivity index (χ1) is 5.43. The van der Waals surface area contributed by atoms with Crippen LogP contribution in [0.2, 0.25) is 0 Å². The smallest absolute Gasteiger partial charge is 0.0111 e. The molecule has 1 radical (unpaired) electrons.